The molecular weight excluding hydrogens is 318 g/mol. The van der Waals surface area contributed by atoms with Crippen LogP contribution in [0.15, 0.2) is 36.7 Å². The molecule has 8 heteroatoms. The van der Waals surface area contributed by atoms with E-state index in [4.69, 9.17) is 11.6 Å². The van der Waals surface area contributed by atoms with E-state index in [-0.39, 0.29) is 11.7 Å². The van der Waals surface area contributed by atoms with Gasteiger partial charge in [0.2, 0.25) is 0 Å². The first-order valence-corrected chi connectivity index (χ1v) is 7.68. The Morgan fingerprint density at radius 2 is 2.26 bits per heavy atom. The number of halogens is 1. The van der Waals surface area contributed by atoms with Crippen molar-refractivity contribution in [3.63, 3.8) is 0 Å². The standard InChI is InChI=1S/C15H16ClN5O2/c16-15-11(2-1-6-17-15)9-20-7-5-12(10-20)19-14-4-3-13(8-18-14)21(22)23/h1-4,6,8,12H,5,7,9-10H2,(H,18,19). The van der Waals surface area contributed by atoms with Crippen molar-refractivity contribution < 1.29 is 4.92 Å². The summed E-state index contributed by atoms with van der Waals surface area (Å²) >= 11 is 6.09. The van der Waals surface area contributed by atoms with E-state index in [1.165, 1.54) is 12.3 Å². The SMILES string of the molecule is O=[N+]([O-])c1ccc(NC2CCN(Cc3cccnc3Cl)C2)nc1. The Kier molecular flexibility index (Phi) is 4.68. The van der Waals surface area contributed by atoms with Gasteiger partial charge in [-0.3, -0.25) is 15.0 Å². The van der Waals surface area contributed by atoms with E-state index in [1.54, 1.807) is 12.3 Å². The predicted molar refractivity (Wildman–Crippen MR) is 87.4 cm³/mol. The second-order valence-corrected chi connectivity index (χ2v) is 5.84. The van der Waals surface area contributed by atoms with E-state index >= 15 is 0 Å². The van der Waals surface area contributed by atoms with Crippen LogP contribution >= 0.6 is 11.6 Å². The Balaban J connectivity index is 1.55. The fraction of sp³-hybridized carbons (Fsp3) is 0.333. The summed E-state index contributed by atoms with van der Waals surface area (Å²) in [5.41, 5.74) is 1.01. The van der Waals surface area contributed by atoms with Crippen LogP contribution in [-0.4, -0.2) is 38.9 Å². The first-order chi connectivity index (χ1) is 11.1. The fourth-order valence-electron chi connectivity index (χ4n) is 2.66. The maximum atomic E-state index is 10.6. The Morgan fingerprint density at radius 1 is 1.39 bits per heavy atom. The average Bonchev–Trinajstić information content (AvgIpc) is 2.97. The van der Waals surface area contributed by atoms with Gasteiger partial charge in [-0.2, -0.15) is 0 Å². The van der Waals surface area contributed by atoms with Crippen molar-refractivity contribution in [1.82, 2.24) is 14.9 Å². The molecule has 1 aliphatic rings. The number of hydrogen-bond acceptors (Lipinski definition) is 6. The third kappa shape index (κ3) is 3.94. The van der Waals surface area contributed by atoms with Crippen LogP contribution in [0.25, 0.3) is 0 Å². The minimum atomic E-state index is -0.453. The van der Waals surface area contributed by atoms with Gasteiger partial charge in [0.05, 0.1) is 4.92 Å². The van der Waals surface area contributed by atoms with E-state index in [2.05, 4.69) is 20.2 Å². The lowest BCUT2D eigenvalue weighted by Crippen LogP contribution is -2.26. The number of nitro groups is 1. The first-order valence-electron chi connectivity index (χ1n) is 7.30. The van der Waals surface area contributed by atoms with Crippen LogP contribution in [0.2, 0.25) is 5.15 Å². The first kappa shape index (κ1) is 15.6. The summed E-state index contributed by atoms with van der Waals surface area (Å²) in [5.74, 6) is 0.655. The van der Waals surface area contributed by atoms with Crippen LogP contribution < -0.4 is 5.32 Å². The number of hydrogen-bond donors (Lipinski definition) is 1. The second kappa shape index (κ2) is 6.89. The highest BCUT2D eigenvalue weighted by atomic mass is 35.5. The molecule has 0 radical (unpaired) electrons. The summed E-state index contributed by atoms with van der Waals surface area (Å²) in [7, 11) is 0. The maximum absolute atomic E-state index is 10.6. The van der Waals surface area contributed by atoms with E-state index in [1.807, 2.05) is 12.1 Å². The van der Waals surface area contributed by atoms with Crippen LogP contribution in [-0.2, 0) is 6.54 Å². The summed E-state index contributed by atoms with van der Waals surface area (Å²) in [6.07, 6.45) is 3.93. The average molecular weight is 334 g/mol. The zero-order chi connectivity index (χ0) is 16.2. The van der Waals surface area contributed by atoms with Crippen molar-refractivity contribution in [3.05, 3.63) is 57.5 Å². The van der Waals surface area contributed by atoms with Gasteiger partial charge in [-0.25, -0.2) is 9.97 Å². The Hall–Kier alpha value is -2.25. The number of nitrogens with zero attached hydrogens (tertiary/aromatic N) is 4. The molecule has 0 spiro atoms. The molecule has 23 heavy (non-hydrogen) atoms. The Morgan fingerprint density at radius 3 is 2.96 bits per heavy atom. The molecule has 1 atom stereocenters. The zero-order valence-electron chi connectivity index (χ0n) is 12.4. The van der Waals surface area contributed by atoms with Crippen LogP contribution in [0.4, 0.5) is 11.5 Å². The second-order valence-electron chi connectivity index (χ2n) is 5.48. The molecule has 1 saturated heterocycles. The largest absolute Gasteiger partial charge is 0.366 e. The third-order valence-corrected chi connectivity index (χ3v) is 4.15. The molecule has 1 N–H and O–H groups in total. The lowest BCUT2D eigenvalue weighted by atomic mass is 10.2. The number of nitrogens with one attached hydrogen (secondary N) is 1. The minimum absolute atomic E-state index is 0.00480. The molecule has 3 rings (SSSR count). The van der Waals surface area contributed by atoms with E-state index < -0.39 is 4.92 Å². The van der Waals surface area contributed by atoms with Crippen molar-refractivity contribution in [2.75, 3.05) is 18.4 Å². The number of rotatable bonds is 5. The van der Waals surface area contributed by atoms with Crippen molar-refractivity contribution in [2.24, 2.45) is 0 Å². The van der Waals surface area contributed by atoms with Crippen LogP contribution in [0, 0.1) is 10.1 Å². The zero-order valence-corrected chi connectivity index (χ0v) is 13.1. The molecular formula is C15H16ClN5O2. The number of aromatic nitrogens is 2. The summed E-state index contributed by atoms with van der Waals surface area (Å²) < 4.78 is 0. The van der Waals surface area contributed by atoms with Crippen LogP contribution in [0.5, 0.6) is 0 Å². The van der Waals surface area contributed by atoms with Crippen LogP contribution in [0.3, 0.4) is 0 Å². The van der Waals surface area contributed by atoms with Gasteiger partial charge in [0.25, 0.3) is 5.69 Å². The van der Waals surface area contributed by atoms with Gasteiger partial charge >= 0.3 is 0 Å². The number of anilines is 1. The number of pyridine rings is 2. The quantitative estimate of drug-likeness (QED) is 0.514. The van der Waals surface area contributed by atoms with Crippen molar-refractivity contribution in [3.8, 4) is 0 Å². The molecule has 0 aromatic carbocycles. The lowest BCUT2D eigenvalue weighted by molar-refractivity contribution is -0.385. The number of likely N-dealkylation sites (tertiary alicyclic amines) is 1. The molecule has 1 unspecified atom stereocenters. The maximum Gasteiger partial charge on any atom is 0.287 e. The van der Waals surface area contributed by atoms with Gasteiger partial charge in [0, 0.05) is 43.5 Å². The molecule has 0 amide bonds. The highest BCUT2D eigenvalue weighted by Crippen LogP contribution is 2.20. The minimum Gasteiger partial charge on any atom is -0.366 e. The van der Waals surface area contributed by atoms with Gasteiger partial charge in [0.15, 0.2) is 0 Å². The summed E-state index contributed by atoms with van der Waals surface area (Å²) in [5, 5.41) is 14.5. The van der Waals surface area contributed by atoms with Gasteiger partial charge in [-0.1, -0.05) is 17.7 Å². The molecule has 2 aromatic heterocycles. The molecule has 7 nitrogen and oxygen atoms in total. The van der Waals surface area contributed by atoms with Crippen molar-refractivity contribution in [1.29, 1.82) is 0 Å². The Bertz CT molecular complexity index is 695. The van der Waals surface area contributed by atoms with Gasteiger partial charge in [-0.15, -0.1) is 0 Å². The molecule has 3 heterocycles. The van der Waals surface area contributed by atoms with E-state index in [0.717, 1.165) is 31.6 Å². The Labute approximate surface area is 138 Å². The predicted octanol–water partition coefficient (Wildman–Crippen LogP) is 2.72. The van der Waals surface area contributed by atoms with Crippen molar-refractivity contribution >= 4 is 23.1 Å². The summed E-state index contributed by atoms with van der Waals surface area (Å²) in [4.78, 5) is 20.6. The highest BCUT2D eigenvalue weighted by Gasteiger charge is 2.23. The lowest BCUT2D eigenvalue weighted by Gasteiger charge is -2.17. The third-order valence-electron chi connectivity index (χ3n) is 3.81. The van der Waals surface area contributed by atoms with Gasteiger partial charge < -0.3 is 5.32 Å². The van der Waals surface area contributed by atoms with Gasteiger partial charge in [0.1, 0.15) is 17.2 Å². The normalized spacial score (nSPS) is 18.0. The molecule has 2 aromatic rings. The summed E-state index contributed by atoms with van der Waals surface area (Å²) in [6.45, 7) is 2.58. The van der Waals surface area contributed by atoms with Crippen LogP contribution in [0.1, 0.15) is 12.0 Å². The smallest absolute Gasteiger partial charge is 0.287 e. The molecule has 120 valence electrons. The highest BCUT2D eigenvalue weighted by molar-refractivity contribution is 6.30. The molecule has 0 aliphatic carbocycles. The molecule has 0 bridgehead atoms. The fourth-order valence-corrected chi connectivity index (χ4v) is 2.84. The molecule has 0 saturated carbocycles. The van der Waals surface area contributed by atoms with Crippen molar-refractivity contribution in [2.45, 2.75) is 19.0 Å². The summed E-state index contributed by atoms with van der Waals surface area (Å²) in [6, 6.07) is 7.22. The molecule has 1 fully saturated rings. The van der Waals surface area contributed by atoms with E-state index in [0.29, 0.717) is 11.0 Å². The van der Waals surface area contributed by atoms with Gasteiger partial charge in [-0.05, 0) is 18.6 Å². The molecule has 1 aliphatic heterocycles. The topological polar surface area (TPSA) is 84.2 Å². The van der Waals surface area contributed by atoms with E-state index in [9.17, 15) is 10.1 Å². The monoisotopic (exact) mass is 333 g/mol.